The molecule has 4 atom stereocenters. The van der Waals surface area contributed by atoms with Crippen LogP contribution in [0.4, 0.5) is 22.0 Å². The highest BCUT2D eigenvalue weighted by atomic mass is 16.3. The number of nitrogens with zero attached hydrogens (tertiary/aromatic N) is 9. The molecule has 15 nitrogen and oxygen atoms in total. The number of hydrogen-bond acceptors (Lipinski definition) is 11. The molecule has 2 aromatic carbocycles. The Bertz CT molecular complexity index is 2100. The van der Waals surface area contributed by atoms with Gasteiger partial charge in [0.1, 0.15) is 11.8 Å². The van der Waals surface area contributed by atoms with Crippen molar-refractivity contribution in [1.82, 2.24) is 40.0 Å². The molecule has 4 aromatic rings. The van der Waals surface area contributed by atoms with Gasteiger partial charge in [0.05, 0.1) is 29.1 Å². The molecule has 1 unspecified atom stereocenters. The zero-order valence-corrected chi connectivity index (χ0v) is 31.5. The zero-order valence-electron chi connectivity index (χ0n) is 31.5. The van der Waals surface area contributed by atoms with Crippen molar-refractivity contribution in [2.24, 2.45) is 5.92 Å². The van der Waals surface area contributed by atoms with E-state index in [-0.39, 0.29) is 41.7 Å². The third-order valence-electron chi connectivity index (χ3n) is 12.3. The summed E-state index contributed by atoms with van der Waals surface area (Å²) in [5, 5.41) is 30.6. The van der Waals surface area contributed by atoms with Gasteiger partial charge in [0.2, 0.25) is 5.91 Å². The number of nitrogens with one attached hydrogen (secondary N) is 2. The number of benzene rings is 2. The summed E-state index contributed by atoms with van der Waals surface area (Å²) in [6.07, 6.45) is 4.76. The first-order valence-corrected chi connectivity index (χ1v) is 19.7. The normalized spacial score (nSPS) is 25.1. The smallest absolute Gasteiger partial charge is 0.320 e. The second-order valence-electron chi connectivity index (χ2n) is 16.0. The minimum Gasteiger partial charge on any atom is -0.507 e. The van der Waals surface area contributed by atoms with Crippen molar-refractivity contribution < 1.29 is 19.5 Å². The Morgan fingerprint density at radius 1 is 0.927 bits per heavy atom. The van der Waals surface area contributed by atoms with Crippen LogP contribution in [0, 0.1) is 5.92 Å². The molecular weight excluding hydrogens is 699 g/mol. The molecule has 288 valence electrons. The van der Waals surface area contributed by atoms with Crippen LogP contribution in [0.25, 0.3) is 22.2 Å². The van der Waals surface area contributed by atoms with Crippen molar-refractivity contribution in [2.45, 2.75) is 63.7 Å². The molecule has 0 aliphatic carbocycles. The molecular formula is C40H49N11O4. The molecule has 0 bridgehead atoms. The molecule has 15 heteroatoms. The largest absolute Gasteiger partial charge is 0.507 e. The molecule has 4 amide bonds. The maximum Gasteiger partial charge on any atom is 0.320 e. The number of aromatic hydroxyl groups is 1. The van der Waals surface area contributed by atoms with Gasteiger partial charge in [-0.2, -0.15) is 5.10 Å². The maximum absolute atomic E-state index is 14.1. The number of phenolic OH excluding ortho intramolecular Hbond substituents is 1. The van der Waals surface area contributed by atoms with Crippen molar-refractivity contribution in [3.05, 3.63) is 54.7 Å². The minimum atomic E-state index is -0.475. The number of rotatable bonds is 5. The maximum atomic E-state index is 14.1. The van der Waals surface area contributed by atoms with Crippen molar-refractivity contribution >= 4 is 45.9 Å². The topological polar surface area (TPSA) is 155 Å². The summed E-state index contributed by atoms with van der Waals surface area (Å²) in [4.78, 5) is 49.9. The fourth-order valence-electron chi connectivity index (χ4n) is 9.53. The lowest BCUT2D eigenvalue weighted by molar-refractivity contribution is -0.135. The number of piperidine rings is 2. The number of anilines is 3. The number of piperazine rings is 2. The summed E-state index contributed by atoms with van der Waals surface area (Å²) in [6.45, 7) is 11.7. The molecule has 3 N–H and O–H groups in total. The van der Waals surface area contributed by atoms with Crippen LogP contribution in [0.15, 0.2) is 54.7 Å². The number of phenols is 1. The first kappa shape index (κ1) is 35.3. The van der Waals surface area contributed by atoms with E-state index < -0.39 is 6.04 Å². The summed E-state index contributed by atoms with van der Waals surface area (Å²) >= 11 is 0. The third-order valence-corrected chi connectivity index (χ3v) is 12.3. The van der Waals surface area contributed by atoms with Gasteiger partial charge in [-0.25, -0.2) is 4.79 Å². The van der Waals surface area contributed by atoms with E-state index in [0.717, 1.165) is 73.7 Å². The van der Waals surface area contributed by atoms with Crippen LogP contribution in [-0.4, -0.2) is 135 Å². The first-order chi connectivity index (χ1) is 26.7. The number of carbonyl (C=O) groups is 3. The Balaban J connectivity index is 0.786. The number of amides is 4. The van der Waals surface area contributed by atoms with Gasteiger partial charge < -0.3 is 30.0 Å². The average Bonchev–Trinajstić information content (AvgIpc) is 3.60. The van der Waals surface area contributed by atoms with Crippen LogP contribution < -0.4 is 20.4 Å². The van der Waals surface area contributed by atoms with Gasteiger partial charge in [-0.15, -0.1) is 10.2 Å². The Kier molecular flexibility index (Phi) is 9.19. The van der Waals surface area contributed by atoms with Crippen molar-refractivity contribution in [3.63, 3.8) is 0 Å². The second-order valence-corrected chi connectivity index (χ2v) is 16.0. The number of aromatic nitrogens is 4. The van der Waals surface area contributed by atoms with Gasteiger partial charge in [-0.3, -0.25) is 24.5 Å². The number of urea groups is 1. The van der Waals surface area contributed by atoms with E-state index in [4.69, 9.17) is 0 Å². The summed E-state index contributed by atoms with van der Waals surface area (Å²) < 4.78 is 1.77. The highest BCUT2D eigenvalue weighted by Gasteiger charge is 2.40. The monoisotopic (exact) mass is 747 g/mol. The number of imide groups is 1. The zero-order chi connectivity index (χ0) is 37.8. The molecule has 5 aliphatic rings. The van der Waals surface area contributed by atoms with Crippen LogP contribution in [0.3, 0.4) is 0 Å². The SMILES string of the molecule is C[C@@H]1CN(CC2CCN(c3ccc4cnn(C5CCC(=O)NC5=O)c4c3)CC2)C[C@H](C)N1C(=O)N1CCN2c3cc(-c4ccccc4O)nnc3NC[C@H]2C1. The highest BCUT2D eigenvalue weighted by Crippen LogP contribution is 2.37. The second kappa shape index (κ2) is 14.3. The predicted molar refractivity (Wildman–Crippen MR) is 209 cm³/mol. The van der Waals surface area contributed by atoms with E-state index in [1.807, 2.05) is 23.1 Å². The summed E-state index contributed by atoms with van der Waals surface area (Å²) in [7, 11) is 0. The lowest BCUT2D eigenvalue weighted by Gasteiger charge is -2.50. The molecule has 7 heterocycles. The van der Waals surface area contributed by atoms with Crippen LogP contribution in [-0.2, 0) is 9.59 Å². The third kappa shape index (κ3) is 6.68. The molecule has 2 aromatic heterocycles. The van der Waals surface area contributed by atoms with Crippen molar-refractivity contribution in [3.8, 4) is 17.0 Å². The fraction of sp³-hybridized carbons (Fsp3) is 0.500. The van der Waals surface area contributed by atoms with E-state index in [2.05, 4.69) is 77.6 Å². The van der Waals surface area contributed by atoms with E-state index in [9.17, 15) is 19.5 Å². The van der Waals surface area contributed by atoms with Gasteiger partial charge in [0.15, 0.2) is 5.82 Å². The molecule has 0 saturated carbocycles. The summed E-state index contributed by atoms with van der Waals surface area (Å²) in [5.41, 5.74) is 4.28. The van der Waals surface area contributed by atoms with Gasteiger partial charge >= 0.3 is 6.03 Å². The van der Waals surface area contributed by atoms with Crippen LogP contribution >= 0.6 is 0 Å². The van der Waals surface area contributed by atoms with E-state index >= 15 is 0 Å². The van der Waals surface area contributed by atoms with E-state index in [1.165, 1.54) is 0 Å². The Morgan fingerprint density at radius 2 is 1.73 bits per heavy atom. The van der Waals surface area contributed by atoms with Gasteiger partial charge in [-0.05, 0) is 75.4 Å². The molecule has 0 spiro atoms. The molecule has 4 fully saturated rings. The van der Waals surface area contributed by atoms with Gasteiger partial charge in [0, 0.05) is 94.0 Å². The number of carbonyl (C=O) groups excluding carboxylic acids is 3. The quantitative estimate of drug-likeness (QED) is 0.257. The summed E-state index contributed by atoms with van der Waals surface area (Å²) in [5.74, 6) is 0.978. The Hall–Kier alpha value is -5.44. The molecule has 4 saturated heterocycles. The first-order valence-electron chi connectivity index (χ1n) is 19.7. The standard InChI is InChI=1S/C40H49N11O4/c1-25-21-46(23-27-11-13-47(14-12-27)29-8-7-28-19-42-51(34(28)17-29)33-9-10-37(53)43-39(33)54)22-26(2)50(25)40(55)48-15-16-49-30(24-48)20-41-38-35(49)18-32(44-45-38)31-5-3-4-6-36(31)52/h3-8,17-19,25-27,30,33,52H,9-16,20-24H2,1-2H3,(H,41,45)(H,43,53,54)/t25-,26+,30-,33?/m0/s1. The fourth-order valence-corrected chi connectivity index (χ4v) is 9.53. The van der Waals surface area contributed by atoms with Crippen molar-refractivity contribution in [2.75, 3.05) is 74.0 Å². The number of hydrogen-bond donors (Lipinski definition) is 3. The van der Waals surface area contributed by atoms with Gasteiger partial charge in [0.25, 0.3) is 5.91 Å². The molecule has 0 radical (unpaired) electrons. The minimum absolute atomic E-state index is 0.108. The number of para-hydroxylation sites is 1. The van der Waals surface area contributed by atoms with Crippen LogP contribution in [0.5, 0.6) is 5.75 Å². The lowest BCUT2D eigenvalue weighted by atomic mass is 9.94. The molecule has 55 heavy (non-hydrogen) atoms. The Morgan fingerprint density at radius 3 is 2.51 bits per heavy atom. The van der Waals surface area contributed by atoms with Gasteiger partial charge in [-0.1, -0.05) is 12.1 Å². The van der Waals surface area contributed by atoms with E-state index in [1.54, 1.807) is 23.0 Å². The van der Waals surface area contributed by atoms with Crippen LogP contribution in [0.2, 0.25) is 0 Å². The highest BCUT2D eigenvalue weighted by molar-refractivity contribution is 6.00. The summed E-state index contributed by atoms with van der Waals surface area (Å²) in [6, 6.07) is 15.5. The van der Waals surface area contributed by atoms with Crippen molar-refractivity contribution in [1.29, 1.82) is 0 Å². The Labute approximate surface area is 320 Å². The molecule has 5 aliphatic heterocycles. The average molecular weight is 748 g/mol. The molecule has 9 rings (SSSR count). The van der Waals surface area contributed by atoms with E-state index in [0.29, 0.717) is 56.2 Å². The number of fused-ring (bicyclic) bond motifs is 4. The van der Waals surface area contributed by atoms with Crippen LogP contribution in [0.1, 0.15) is 45.6 Å². The predicted octanol–water partition coefficient (Wildman–Crippen LogP) is 3.52. The lowest BCUT2D eigenvalue weighted by Crippen LogP contribution is -2.65.